The molecule has 1 aromatic heterocycles. The van der Waals surface area contributed by atoms with Crippen LogP contribution >= 0.6 is 0 Å². The molecule has 8 heteroatoms. The van der Waals surface area contributed by atoms with E-state index >= 15 is 0 Å². The van der Waals surface area contributed by atoms with Crippen molar-refractivity contribution in [2.24, 2.45) is 0 Å². The van der Waals surface area contributed by atoms with Crippen LogP contribution in [0.25, 0.3) is 0 Å². The minimum absolute atomic E-state index is 0.0148. The molecular formula is C18H18F2N4O2. The number of carbonyl (C=O) groups is 2. The molecule has 0 unspecified atom stereocenters. The van der Waals surface area contributed by atoms with Crippen molar-refractivity contribution < 1.29 is 18.4 Å². The van der Waals surface area contributed by atoms with Crippen molar-refractivity contribution in [3.05, 3.63) is 60.4 Å². The van der Waals surface area contributed by atoms with Crippen molar-refractivity contribution in [1.82, 2.24) is 15.1 Å². The molecule has 1 aliphatic rings. The second kappa shape index (κ2) is 7.47. The van der Waals surface area contributed by atoms with Crippen molar-refractivity contribution in [3.63, 3.8) is 0 Å². The summed E-state index contributed by atoms with van der Waals surface area (Å²) in [4.78, 5) is 25.2. The first-order valence-electron chi connectivity index (χ1n) is 8.16. The van der Waals surface area contributed by atoms with Gasteiger partial charge in [0.05, 0.1) is 18.4 Å². The molecule has 1 aromatic carbocycles. The molecule has 0 saturated heterocycles. The van der Waals surface area contributed by atoms with Crippen LogP contribution in [-0.4, -0.2) is 27.6 Å². The molecule has 1 fully saturated rings. The number of nitrogens with one attached hydrogen (secondary N) is 1. The number of halogens is 2. The van der Waals surface area contributed by atoms with Crippen LogP contribution < -0.4 is 10.2 Å². The highest BCUT2D eigenvalue weighted by molar-refractivity contribution is 6.00. The van der Waals surface area contributed by atoms with E-state index < -0.39 is 17.5 Å². The highest BCUT2D eigenvalue weighted by Gasteiger charge is 2.23. The number of aromatic nitrogens is 2. The Kier molecular flexibility index (Phi) is 5.11. The molecule has 0 aliphatic heterocycles. The van der Waals surface area contributed by atoms with Gasteiger partial charge in [-0.05, 0) is 37.1 Å². The van der Waals surface area contributed by atoms with Gasteiger partial charge in [0.1, 0.15) is 18.2 Å². The van der Waals surface area contributed by atoms with E-state index in [1.54, 1.807) is 0 Å². The zero-order valence-corrected chi connectivity index (χ0v) is 14.0. The Morgan fingerprint density at radius 3 is 2.85 bits per heavy atom. The van der Waals surface area contributed by atoms with Crippen LogP contribution in [0.1, 0.15) is 18.4 Å². The zero-order chi connectivity index (χ0) is 18.7. The van der Waals surface area contributed by atoms with E-state index in [9.17, 15) is 18.4 Å². The van der Waals surface area contributed by atoms with Crippen LogP contribution in [0.15, 0.2) is 43.2 Å². The molecule has 0 bridgehead atoms. The summed E-state index contributed by atoms with van der Waals surface area (Å²) < 4.78 is 28.7. The molecule has 3 rings (SSSR count). The lowest BCUT2D eigenvalue weighted by Gasteiger charge is -2.19. The number of hydrogen-bond donors (Lipinski definition) is 1. The summed E-state index contributed by atoms with van der Waals surface area (Å²) >= 11 is 0. The number of hydrogen-bond acceptors (Lipinski definition) is 3. The van der Waals surface area contributed by atoms with Crippen molar-refractivity contribution >= 4 is 17.5 Å². The molecule has 136 valence electrons. The van der Waals surface area contributed by atoms with E-state index in [4.69, 9.17) is 0 Å². The first-order chi connectivity index (χ1) is 12.5. The topological polar surface area (TPSA) is 67.2 Å². The van der Waals surface area contributed by atoms with Crippen molar-refractivity contribution in [2.45, 2.75) is 32.0 Å². The summed E-state index contributed by atoms with van der Waals surface area (Å²) in [7, 11) is 0. The van der Waals surface area contributed by atoms with Crippen LogP contribution in [0.5, 0.6) is 0 Å². The summed E-state index contributed by atoms with van der Waals surface area (Å²) in [6.07, 6.45) is 5.94. The van der Waals surface area contributed by atoms with E-state index in [-0.39, 0.29) is 30.6 Å². The third-order valence-electron chi connectivity index (χ3n) is 3.96. The predicted octanol–water partition coefficient (Wildman–Crippen LogP) is 2.16. The molecular weight excluding hydrogens is 342 g/mol. The summed E-state index contributed by atoms with van der Waals surface area (Å²) in [6, 6.07) is 3.29. The van der Waals surface area contributed by atoms with E-state index in [1.807, 2.05) is 0 Å². The Bertz CT molecular complexity index is 845. The summed E-state index contributed by atoms with van der Waals surface area (Å²) in [5.74, 6) is -1.88. The van der Waals surface area contributed by atoms with Crippen LogP contribution in [0.4, 0.5) is 14.5 Å². The molecule has 1 aliphatic carbocycles. The number of rotatable bonds is 7. The molecule has 6 nitrogen and oxygen atoms in total. The van der Waals surface area contributed by atoms with Crippen molar-refractivity contribution in [1.29, 1.82) is 0 Å². The van der Waals surface area contributed by atoms with Gasteiger partial charge in [-0.2, -0.15) is 5.10 Å². The third kappa shape index (κ3) is 4.33. The van der Waals surface area contributed by atoms with Crippen molar-refractivity contribution in [3.8, 4) is 0 Å². The highest BCUT2D eigenvalue weighted by Crippen LogP contribution is 2.20. The van der Waals surface area contributed by atoms with E-state index in [2.05, 4.69) is 17.0 Å². The predicted molar refractivity (Wildman–Crippen MR) is 91.1 cm³/mol. The number of benzene rings is 1. The molecule has 0 spiro atoms. The second-order valence-corrected chi connectivity index (χ2v) is 6.10. The van der Waals surface area contributed by atoms with Crippen molar-refractivity contribution in [2.75, 3.05) is 4.90 Å². The smallest absolute Gasteiger partial charge is 0.250 e. The minimum atomic E-state index is -0.621. The van der Waals surface area contributed by atoms with Gasteiger partial charge in [-0.15, -0.1) is 0 Å². The summed E-state index contributed by atoms with van der Waals surface area (Å²) in [5, 5.41) is 6.90. The lowest BCUT2D eigenvalue weighted by atomic mass is 10.2. The van der Waals surface area contributed by atoms with Gasteiger partial charge in [-0.25, -0.2) is 8.78 Å². The average Bonchev–Trinajstić information content (AvgIpc) is 3.30. The second-order valence-electron chi connectivity index (χ2n) is 6.10. The zero-order valence-electron chi connectivity index (χ0n) is 14.0. The van der Waals surface area contributed by atoms with Gasteiger partial charge in [0.25, 0.3) is 5.91 Å². The Hall–Kier alpha value is -3.03. The largest absolute Gasteiger partial charge is 0.352 e. The fraction of sp³-hybridized carbons (Fsp3) is 0.278. The summed E-state index contributed by atoms with van der Waals surface area (Å²) in [6.45, 7) is 3.26. The number of amides is 2. The first kappa shape index (κ1) is 17.8. The van der Waals surface area contributed by atoms with Gasteiger partial charge in [-0.3, -0.25) is 14.3 Å². The monoisotopic (exact) mass is 360 g/mol. The Labute approximate surface area is 149 Å². The Balaban J connectivity index is 1.77. The van der Waals surface area contributed by atoms with Gasteiger partial charge >= 0.3 is 0 Å². The normalized spacial score (nSPS) is 13.3. The Morgan fingerprint density at radius 2 is 2.15 bits per heavy atom. The standard InChI is InChI=1S/C18H18F2N4O2/c1-2-18(26)24(9-12-7-13(19)3-6-16(12)20)15-8-21-23(10-15)11-17(25)22-14-4-5-14/h2-3,6-8,10,14H,1,4-5,9,11H2,(H,22,25). The fourth-order valence-electron chi connectivity index (χ4n) is 2.47. The molecule has 1 N–H and O–H groups in total. The van der Waals surface area contributed by atoms with Gasteiger partial charge in [0, 0.05) is 17.8 Å². The molecule has 1 heterocycles. The fourth-order valence-corrected chi connectivity index (χ4v) is 2.47. The molecule has 1 saturated carbocycles. The van der Waals surface area contributed by atoms with Crippen LogP contribution in [-0.2, 0) is 22.7 Å². The lowest BCUT2D eigenvalue weighted by Crippen LogP contribution is -2.30. The van der Waals surface area contributed by atoms with Gasteiger partial charge in [0.2, 0.25) is 5.91 Å². The van der Waals surface area contributed by atoms with Gasteiger partial charge in [0.15, 0.2) is 0 Å². The van der Waals surface area contributed by atoms with E-state index in [1.165, 1.54) is 22.0 Å². The first-order valence-corrected chi connectivity index (χ1v) is 8.16. The van der Waals surface area contributed by atoms with E-state index in [0.717, 1.165) is 37.1 Å². The molecule has 0 radical (unpaired) electrons. The molecule has 2 aromatic rings. The van der Waals surface area contributed by atoms with Gasteiger partial charge in [-0.1, -0.05) is 6.58 Å². The molecule has 26 heavy (non-hydrogen) atoms. The average molecular weight is 360 g/mol. The van der Waals surface area contributed by atoms with Gasteiger partial charge < -0.3 is 10.2 Å². The number of anilines is 1. The Morgan fingerprint density at radius 1 is 1.38 bits per heavy atom. The van der Waals surface area contributed by atoms with Crippen LogP contribution in [0.2, 0.25) is 0 Å². The number of nitrogens with zero attached hydrogens (tertiary/aromatic N) is 3. The summed E-state index contributed by atoms with van der Waals surface area (Å²) in [5.41, 5.74) is 0.386. The maximum absolute atomic E-state index is 13.9. The van der Waals surface area contributed by atoms with E-state index in [0.29, 0.717) is 5.69 Å². The molecule has 2 amide bonds. The maximum atomic E-state index is 13.9. The number of carbonyl (C=O) groups excluding carboxylic acids is 2. The minimum Gasteiger partial charge on any atom is -0.352 e. The lowest BCUT2D eigenvalue weighted by molar-refractivity contribution is -0.122. The van der Waals surface area contributed by atoms with Crippen LogP contribution in [0.3, 0.4) is 0 Å². The third-order valence-corrected chi connectivity index (χ3v) is 3.96. The maximum Gasteiger partial charge on any atom is 0.250 e. The SMILES string of the molecule is C=CC(=O)N(Cc1cc(F)ccc1F)c1cnn(CC(=O)NC2CC2)c1. The highest BCUT2D eigenvalue weighted by atomic mass is 19.1. The quantitative estimate of drug-likeness (QED) is 0.770. The molecule has 0 atom stereocenters. The van der Waals surface area contributed by atoms with Crippen LogP contribution in [0, 0.1) is 11.6 Å².